The fourth-order valence-corrected chi connectivity index (χ4v) is 8.16. The highest BCUT2D eigenvalue weighted by atomic mass is 15.1. The molecule has 1 nitrogen and oxygen atoms in total. The third kappa shape index (κ3) is 6.02. The summed E-state index contributed by atoms with van der Waals surface area (Å²) in [6.07, 6.45) is 0. The van der Waals surface area contributed by atoms with Gasteiger partial charge in [-0.2, -0.15) is 0 Å². The Kier molecular flexibility index (Phi) is 8.24. The van der Waals surface area contributed by atoms with Gasteiger partial charge < -0.3 is 4.90 Å². The summed E-state index contributed by atoms with van der Waals surface area (Å²) in [5.41, 5.74) is 12.9. The van der Waals surface area contributed by atoms with E-state index in [-0.39, 0.29) is 0 Å². The fourth-order valence-electron chi connectivity index (χ4n) is 8.16. The molecular formula is C54H37N. The SMILES string of the molecule is c1ccc(-c2ccc(N(c3ccccc3)c3ccccc3-c3ccc(-c4ccc5ccc6c7ccccc7ccc6c5c4)c(-c4ccccc4)c3)cc2)cc1. The van der Waals surface area contributed by atoms with Crippen LogP contribution in [0.1, 0.15) is 0 Å². The Morgan fingerprint density at radius 1 is 0.236 bits per heavy atom. The molecule has 0 N–H and O–H groups in total. The minimum absolute atomic E-state index is 1.11. The van der Waals surface area contributed by atoms with Crippen LogP contribution in [0.3, 0.4) is 0 Å². The number of fused-ring (bicyclic) bond motifs is 5. The maximum atomic E-state index is 2.39. The number of hydrogen-bond donors (Lipinski definition) is 0. The predicted octanol–water partition coefficient (Wildman–Crippen LogP) is 15.3. The van der Waals surface area contributed by atoms with E-state index in [4.69, 9.17) is 0 Å². The van der Waals surface area contributed by atoms with Gasteiger partial charge in [0, 0.05) is 16.9 Å². The summed E-state index contributed by atoms with van der Waals surface area (Å²) < 4.78 is 0. The molecular weight excluding hydrogens is 663 g/mol. The lowest BCUT2D eigenvalue weighted by Crippen LogP contribution is -2.11. The van der Waals surface area contributed by atoms with E-state index in [1.807, 2.05) is 0 Å². The maximum Gasteiger partial charge on any atom is 0.0540 e. The van der Waals surface area contributed by atoms with Crippen LogP contribution < -0.4 is 4.90 Å². The second-order valence-corrected chi connectivity index (χ2v) is 14.1. The molecule has 0 radical (unpaired) electrons. The standard InChI is InChI=1S/C54H37N/c1-4-14-38(15-5-1)39-26-31-46(32-27-39)55(45-19-8-3-9-20-45)54-23-13-12-22-49(54)44-30-33-48(52(37-44)40-16-6-2-7-17-40)43-25-24-42-29-34-50-47-21-11-10-18-41(47)28-35-51(50)53(42)36-43/h1-37H. The van der Waals surface area contributed by atoms with Crippen LogP contribution in [0.25, 0.3) is 76.8 Å². The highest BCUT2D eigenvalue weighted by molar-refractivity contribution is 6.18. The van der Waals surface area contributed by atoms with Crippen molar-refractivity contribution in [1.82, 2.24) is 0 Å². The lowest BCUT2D eigenvalue weighted by Gasteiger charge is -2.28. The van der Waals surface area contributed by atoms with Gasteiger partial charge in [0.15, 0.2) is 0 Å². The summed E-state index contributed by atoms with van der Waals surface area (Å²) in [5.74, 6) is 0. The van der Waals surface area contributed by atoms with Crippen molar-refractivity contribution in [3.63, 3.8) is 0 Å². The van der Waals surface area contributed by atoms with Crippen molar-refractivity contribution >= 4 is 49.4 Å². The zero-order valence-electron chi connectivity index (χ0n) is 30.3. The number of para-hydroxylation sites is 2. The molecule has 258 valence electrons. The number of hydrogen-bond acceptors (Lipinski definition) is 1. The molecule has 10 aromatic rings. The molecule has 0 unspecified atom stereocenters. The Balaban J connectivity index is 1.12. The number of benzene rings is 10. The third-order valence-corrected chi connectivity index (χ3v) is 10.9. The van der Waals surface area contributed by atoms with Crippen molar-refractivity contribution in [2.45, 2.75) is 0 Å². The van der Waals surface area contributed by atoms with Gasteiger partial charge in [0.2, 0.25) is 0 Å². The Hall–Kier alpha value is -7.22. The third-order valence-electron chi connectivity index (χ3n) is 10.9. The normalized spacial score (nSPS) is 11.3. The molecule has 0 heterocycles. The Morgan fingerprint density at radius 2 is 0.745 bits per heavy atom. The van der Waals surface area contributed by atoms with Crippen LogP contribution >= 0.6 is 0 Å². The van der Waals surface area contributed by atoms with Gasteiger partial charge in [0.25, 0.3) is 0 Å². The van der Waals surface area contributed by atoms with Gasteiger partial charge in [-0.25, -0.2) is 0 Å². The van der Waals surface area contributed by atoms with Crippen molar-refractivity contribution in [1.29, 1.82) is 0 Å². The maximum absolute atomic E-state index is 2.39. The van der Waals surface area contributed by atoms with Gasteiger partial charge in [0.05, 0.1) is 5.69 Å². The quantitative estimate of drug-likeness (QED) is 0.150. The molecule has 55 heavy (non-hydrogen) atoms. The zero-order valence-corrected chi connectivity index (χ0v) is 30.3. The molecule has 0 saturated carbocycles. The molecule has 1 heteroatoms. The summed E-state index contributed by atoms with van der Waals surface area (Å²) in [6.45, 7) is 0. The Morgan fingerprint density at radius 3 is 1.51 bits per heavy atom. The van der Waals surface area contributed by atoms with Gasteiger partial charge in [-0.3, -0.25) is 0 Å². The second kappa shape index (κ2) is 14.0. The lowest BCUT2D eigenvalue weighted by molar-refractivity contribution is 1.28. The van der Waals surface area contributed by atoms with Crippen molar-refractivity contribution in [3.05, 3.63) is 224 Å². The highest BCUT2D eigenvalue weighted by Crippen LogP contribution is 2.44. The summed E-state index contributed by atoms with van der Waals surface area (Å²) in [4.78, 5) is 2.37. The van der Waals surface area contributed by atoms with E-state index in [1.54, 1.807) is 0 Å². The number of nitrogens with zero attached hydrogens (tertiary/aromatic N) is 1. The Bertz CT molecular complexity index is 2950. The molecule has 0 amide bonds. The summed E-state index contributed by atoms with van der Waals surface area (Å²) in [5, 5.41) is 7.64. The van der Waals surface area contributed by atoms with Crippen molar-refractivity contribution < 1.29 is 0 Å². The zero-order chi connectivity index (χ0) is 36.6. The van der Waals surface area contributed by atoms with Gasteiger partial charge in [0.1, 0.15) is 0 Å². The molecule has 0 spiro atoms. The van der Waals surface area contributed by atoms with Crippen LogP contribution in [-0.2, 0) is 0 Å². The van der Waals surface area contributed by atoms with E-state index in [9.17, 15) is 0 Å². The predicted molar refractivity (Wildman–Crippen MR) is 235 cm³/mol. The molecule has 0 aromatic heterocycles. The minimum atomic E-state index is 1.11. The van der Waals surface area contributed by atoms with Crippen LogP contribution in [-0.4, -0.2) is 0 Å². The molecule has 0 aliphatic heterocycles. The van der Waals surface area contributed by atoms with E-state index in [1.165, 1.54) is 71.3 Å². The molecule has 10 rings (SSSR count). The number of rotatable bonds is 7. The minimum Gasteiger partial charge on any atom is -0.310 e. The lowest BCUT2D eigenvalue weighted by atomic mass is 9.89. The van der Waals surface area contributed by atoms with E-state index >= 15 is 0 Å². The molecule has 0 fully saturated rings. The Labute approximate surface area is 322 Å². The van der Waals surface area contributed by atoms with Crippen molar-refractivity contribution in [3.8, 4) is 44.5 Å². The first-order valence-electron chi connectivity index (χ1n) is 18.9. The first-order valence-corrected chi connectivity index (χ1v) is 18.9. The van der Waals surface area contributed by atoms with Crippen LogP contribution in [0, 0.1) is 0 Å². The van der Waals surface area contributed by atoms with Gasteiger partial charge in [-0.15, -0.1) is 0 Å². The van der Waals surface area contributed by atoms with Crippen LogP contribution in [0.5, 0.6) is 0 Å². The van der Waals surface area contributed by atoms with E-state index in [2.05, 4.69) is 229 Å². The smallest absolute Gasteiger partial charge is 0.0540 e. The van der Waals surface area contributed by atoms with Crippen molar-refractivity contribution in [2.75, 3.05) is 4.90 Å². The monoisotopic (exact) mass is 699 g/mol. The molecule has 0 aliphatic rings. The molecule has 10 aromatic carbocycles. The van der Waals surface area contributed by atoms with Crippen LogP contribution in [0.2, 0.25) is 0 Å². The first kappa shape index (κ1) is 32.4. The first-order chi connectivity index (χ1) is 27.3. The largest absolute Gasteiger partial charge is 0.310 e. The highest BCUT2D eigenvalue weighted by Gasteiger charge is 2.19. The summed E-state index contributed by atoms with van der Waals surface area (Å²) in [6, 6.07) is 81.4. The summed E-state index contributed by atoms with van der Waals surface area (Å²) >= 11 is 0. The molecule has 0 atom stereocenters. The number of anilines is 3. The van der Waals surface area contributed by atoms with Gasteiger partial charge in [-0.05, 0) is 114 Å². The fraction of sp³-hybridized carbons (Fsp3) is 0. The van der Waals surface area contributed by atoms with E-state index in [0.717, 1.165) is 22.6 Å². The average molecular weight is 700 g/mol. The van der Waals surface area contributed by atoms with E-state index in [0.29, 0.717) is 0 Å². The topological polar surface area (TPSA) is 3.24 Å². The molecule has 0 bridgehead atoms. The average Bonchev–Trinajstić information content (AvgIpc) is 3.27. The molecule has 0 aliphatic carbocycles. The van der Waals surface area contributed by atoms with Crippen molar-refractivity contribution in [2.24, 2.45) is 0 Å². The van der Waals surface area contributed by atoms with E-state index < -0.39 is 0 Å². The van der Waals surface area contributed by atoms with Gasteiger partial charge in [-0.1, -0.05) is 182 Å². The summed E-state index contributed by atoms with van der Waals surface area (Å²) in [7, 11) is 0. The second-order valence-electron chi connectivity index (χ2n) is 14.1. The molecule has 0 saturated heterocycles. The van der Waals surface area contributed by atoms with Gasteiger partial charge >= 0.3 is 0 Å². The van der Waals surface area contributed by atoms with Crippen LogP contribution in [0.4, 0.5) is 17.1 Å². The van der Waals surface area contributed by atoms with Crippen LogP contribution in [0.15, 0.2) is 224 Å².